The lowest BCUT2D eigenvalue weighted by atomic mass is 10.1. The third-order valence-electron chi connectivity index (χ3n) is 2.69. The van der Waals surface area contributed by atoms with Gasteiger partial charge in [0.15, 0.2) is 0 Å². The second-order valence-corrected chi connectivity index (χ2v) is 4.42. The number of aliphatic hydroxyl groups is 1. The third kappa shape index (κ3) is 4.07. The summed E-state index contributed by atoms with van der Waals surface area (Å²) in [5.74, 6) is 0. The molecule has 1 aliphatic rings. The van der Waals surface area contributed by atoms with Crippen LogP contribution < -0.4 is 11.1 Å². The van der Waals surface area contributed by atoms with Crippen LogP contribution >= 0.6 is 0 Å². The topological polar surface area (TPSA) is 58.3 Å². The van der Waals surface area contributed by atoms with E-state index in [4.69, 9.17) is 5.73 Å². The summed E-state index contributed by atoms with van der Waals surface area (Å²) in [5.41, 5.74) is 5.81. The van der Waals surface area contributed by atoms with Crippen LogP contribution in [0.1, 0.15) is 39.5 Å². The molecule has 0 saturated heterocycles. The average Bonchev–Trinajstić information content (AvgIpc) is 2.33. The van der Waals surface area contributed by atoms with Gasteiger partial charge in [0.1, 0.15) is 0 Å². The van der Waals surface area contributed by atoms with E-state index >= 15 is 0 Å². The lowest BCUT2D eigenvalue weighted by molar-refractivity contribution is 0.168. The van der Waals surface area contributed by atoms with Crippen molar-refractivity contribution in [2.75, 3.05) is 0 Å². The second-order valence-electron chi connectivity index (χ2n) is 4.42. The monoisotopic (exact) mass is 186 g/mol. The Labute approximate surface area is 80.7 Å². The predicted octanol–water partition coefficient (Wildman–Crippen LogP) is 0.615. The maximum Gasteiger partial charge on any atom is 0.0526 e. The van der Waals surface area contributed by atoms with Gasteiger partial charge in [-0.2, -0.15) is 0 Å². The fourth-order valence-electron chi connectivity index (χ4n) is 2.15. The van der Waals surface area contributed by atoms with E-state index in [0.717, 1.165) is 19.3 Å². The van der Waals surface area contributed by atoms with E-state index in [-0.39, 0.29) is 6.10 Å². The van der Waals surface area contributed by atoms with Crippen LogP contribution in [0.15, 0.2) is 0 Å². The standard InChI is InChI=1S/C10H22N2O/c1-7(5-8(2)13)12-10-4-3-9(11)6-10/h7-10,12-13H,3-6,11H2,1-2H3. The number of aliphatic hydroxyl groups excluding tert-OH is 1. The average molecular weight is 186 g/mol. The summed E-state index contributed by atoms with van der Waals surface area (Å²) in [6, 6.07) is 1.36. The van der Waals surface area contributed by atoms with Crippen molar-refractivity contribution in [3.8, 4) is 0 Å². The highest BCUT2D eigenvalue weighted by atomic mass is 16.3. The maximum atomic E-state index is 9.18. The van der Waals surface area contributed by atoms with Gasteiger partial charge in [0, 0.05) is 18.1 Å². The molecule has 4 unspecified atom stereocenters. The summed E-state index contributed by atoms with van der Waals surface area (Å²) in [4.78, 5) is 0. The van der Waals surface area contributed by atoms with Crippen LogP contribution in [0.25, 0.3) is 0 Å². The van der Waals surface area contributed by atoms with E-state index in [2.05, 4.69) is 12.2 Å². The molecular weight excluding hydrogens is 164 g/mol. The Morgan fingerprint density at radius 1 is 1.46 bits per heavy atom. The summed E-state index contributed by atoms with van der Waals surface area (Å²) in [6.07, 6.45) is 4.03. The Hall–Kier alpha value is -0.120. The maximum absolute atomic E-state index is 9.18. The molecule has 0 amide bonds. The summed E-state index contributed by atoms with van der Waals surface area (Å²) < 4.78 is 0. The number of hydrogen-bond acceptors (Lipinski definition) is 3. The Kier molecular flexibility index (Phi) is 4.16. The van der Waals surface area contributed by atoms with Crippen molar-refractivity contribution >= 4 is 0 Å². The SMILES string of the molecule is CC(O)CC(C)NC1CCC(N)C1. The van der Waals surface area contributed by atoms with Gasteiger partial charge in [-0.25, -0.2) is 0 Å². The summed E-state index contributed by atoms with van der Waals surface area (Å²) >= 11 is 0. The van der Waals surface area contributed by atoms with Gasteiger partial charge in [-0.3, -0.25) is 0 Å². The van der Waals surface area contributed by atoms with Gasteiger partial charge in [0.05, 0.1) is 6.10 Å². The van der Waals surface area contributed by atoms with Crippen molar-refractivity contribution in [3.63, 3.8) is 0 Å². The van der Waals surface area contributed by atoms with Crippen molar-refractivity contribution in [1.29, 1.82) is 0 Å². The minimum atomic E-state index is -0.211. The molecular formula is C10H22N2O. The summed E-state index contributed by atoms with van der Waals surface area (Å²) in [6.45, 7) is 3.95. The Bertz CT molecular complexity index is 150. The number of nitrogens with one attached hydrogen (secondary N) is 1. The van der Waals surface area contributed by atoms with Gasteiger partial charge >= 0.3 is 0 Å². The molecule has 3 nitrogen and oxygen atoms in total. The second kappa shape index (κ2) is 4.94. The van der Waals surface area contributed by atoms with Crippen LogP contribution in [0.4, 0.5) is 0 Å². The van der Waals surface area contributed by atoms with Crippen LogP contribution in [-0.4, -0.2) is 29.3 Å². The van der Waals surface area contributed by atoms with E-state index in [9.17, 15) is 5.11 Å². The number of rotatable bonds is 4. The van der Waals surface area contributed by atoms with E-state index in [0.29, 0.717) is 18.1 Å². The van der Waals surface area contributed by atoms with Crippen molar-refractivity contribution in [3.05, 3.63) is 0 Å². The van der Waals surface area contributed by atoms with Crippen molar-refractivity contribution in [1.82, 2.24) is 5.32 Å². The van der Waals surface area contributed by atoms with Crippen LogP contribution in [0.2, 0.25) is 0 Å². The zero-order valence-electron chi connectivity index (χ0n) is 8.66. The summed E-state index contributed by atoms with van der Waals surface area (Å²) in [7, 11) is 0. The fourth-order valence-corrected chi connectivity index (χ4v) is 2.15. The minimum absolute atomic E-state index is 0.211. The molecule has 1 aliphatic carbocycles. The molecule has 0 aromatic rings. The van der Waals surface area contributed by atoms with E-state index in [1.165, 1.54) is 6.42 Å². The van der Waals surface area contributed by atoms with Crippen molar-refractivity contribution < 1.29 is 5.11 Å². The molecule has 1 fully saturated rings. The molecule has 1 saturated carbocycles. The molecule has 3 heteroatoms. The molecule has 0 aromatic heterocycles. The molecule has 0 bridgehead atoms. The van der Waals surface area contributed by atoms with Gasteiger partial charge in [-0.15, -0.1) is 0 Å². The predicted molar refractivity (Wildman–Crippen MR) is 54.5 cm³/mol. The molecule has 0 heterocycles. The first-order valence-corrected chi connectivity index (χ1v) is 5.27. The highest BCUT2D eigenvalue weighted by molar-refractivity contribution is 4.84. The minimum Gasteiger partial charge on any atom is -0.393 e. The molecule has 4 atom stereocenters. The molecule has 0 spiro atoms. The molecule has 0 aromatic carbocycles. The highest BCUT2D eigenvalue weighted by Gasteiger charge is 2.22. The summed E-state index contributed by atoms with van der Waals surface area (Å²) in [5, 5.41) is 12.7. The molecule has 4 N–H and O–H groups in total. The van der Waals surface area contributed by atoms with E-state index < -0.39 is 0 Å². The van der Waals surface area contributed by atoms with Crippen LogP contribution in [0.5, 0.6) is 0 Å². The fraction of sp³-hybridized carbons (Fsp3) is 1.00. The molecule has 78 valence electrons. The van der Waals surface area contributed by atoms with Gasteiger partial charge in [-0.1, -0.05) is 0 Å². The lowest BCUT2D eigenvalue weighted by Gasteiger charge is -2.20. The molecule has 13 heavy (non-hydrogen) atoms. The van der Waals surface area contributed by atoms with Gasteiger partial charge < -0.3 is 16.2 Å². The zero-order chi connectivity index (χ0) is 9.84. The number of nitrogens with two attached hydrogens (primary N) is 1. The largest absolute Gasteiger partial charge is 0.393 e. The molecule has 0 aliphatic heterocycles. The van der Waals surface area contributed by atoms with E-state index in [1.807, 2.05) is 6.92 Å². The molecule has 0 radical (unpaired) electrons. The molecule has 1 rings (SSSR count). The van der Waals surface area contributed by atoms with Crippen LogP contribution in [0.3, 0.4) is 0 Å². The highest BCUT2D eigenvalue weighted by Crippen LogP contribution is 2.18. The quantitative estimate of drug-likeness (QED) is 0.603. The smallest absolute Gasteiger partial charge is 0.0526 e. The van der Waals surface area contributed by atoms with Crippen LogP contribution in [0, 0.1) is 0 Å². The third-order valence-corrected chi connectivity index (χ3v) is 2.69. The first-order valence-electron chi connectivity index (χ1n) is 5.27. The van der Waals surface area contributed by atoms with Crippen LogP contribution in [-0.2, 0) is 0 Å². The Balaban J connectivity index is 2.16. The normalized spacial score (nSPS) is 33.2. The first-order chi connectivity index (χ1) is 6.08. The number of hydrogen-bond donors (Lipinski definition) is 3. The lowest BCUT2D eigenvalue weighted by Crippen LogP contribution is -2.37. The van der Waals surface area contributed by atoms with Gasteiger partial charge in [0.25, 0.3) is 0 Å². The Morgan fingerprint density at radius 3 is 2.62 bits per heavy atom. The van der Waals surface area contributed by atoms with E-state index in [1.54, 1.807) is 0 Å². The zero-order valence-corrected chi connectivity index (χ0v) is 8.66. The van der Waals surface area contributed by atoms with Gasteiger partial charge in [0.2, 0.25) is 0 Å². The van der Waals surface area contributed by atoms with Crippen molar-refractivity contribution in [2.24, 2.45) is 5.73 Å². The van der Waals surface area contributed by atoms with Crippen molar-refractivity contribution in [2.45, 2.75) is 63.8 Å². The first kappa shape index (κ1) is 11.0. The van der Waals surface area contributed by atoms with Gasteiger partial charge in [-0.05, 0) is 39.5 Å². The Morgan fingerprint density at radius 2 is 2.15 bits per heavy atom.